The van der Waals surface area contributed by atoms with Crippen molar-refractivity contribution in [2.75, 3.05) is 11.4 Å². The largest absolute Gasteiger partial charge is 0.326 e. The molecular weight excluding hydrogens is 188 g/mol. The minimum Gasteiger partial charge on any atom is -0.326 e. The van der Waals surface area contributed by atoms with E-state index in [0.29, 0.717) is 18.9 Å². The van der Waals surface area contributed by atoms with Gasteiger partial charge in [0.15, 0.2) is 0 Å². The van der Waals surface area contributed by atoms with Gasteiger partial charge in [0, 0.05) is 25.2 Å². The van der Waals surface area contributed by atoms with Gasteiger partial charge in [-0.15, -0.1) is 0 Å². The Morgan fingerprint density at radius 2 is 2.07 bits per heavy atom. The SMILES string of the molecule is CC1CC(=O)N(c2ccc(CN)cc2)C1. The first kappa shape index (κ1) is 10.2. The number of anilines is 1. The van der Waals surface area contributed by atoms with Gasteiger partial charge in [0.1, 0.15) is 0 Å². The van der Waals surface area contributed by atoms with Gasteiger partial charge in [0.05, 0.1) is 0 Å². The fraction of sp³-hybridized carbons (Fsp3) is 0.417. The third-order valence-electron chi connectivity index (χ3n) is 2.80. The smallest absolute Gasteiger partial charge is 0.227 e. The highest BCUT2D eigenvalue weighted by atomic mass is 16.2. The van der Waals surface area contributed by atoms with Crippen LogP contribution in [0.2, 0.25) is 0 Å². The van der Waals surface area contributed by atoms with Gasteiger partial charge in [-0.3, -0.25) is 4.79 Å². The van der Waals surface area contributed by atoms with Crippen LogP contribution in [-0.4, -0.2) is 12.5 Å². The van der Waals surface area contributed by atoms with E-state index in [1.165, 1.54) is 0 Å². The average molecular weight is 204 g/mol. The summed E-state index contributed by atoms with van der Waals surface area (Å²) in [5.74, 6) is 0.690. The van der Waals surface area contributed by atoms with Crippen molar-refractivity contribution in [2.24, 2.45) is 11.7 Å². The molecule has 80 valence electrons. The van der Waals surface area contributed by atoms with Gasteiger partial charge in [-0.2, -0.15) is 0 Å². The van der Waals surface area contributed by atoms with E-state index in [1.54, 1.807) is 0 Å². The van der Waals surface area contributed by atoms with Crippen LogP contribution in [0.25, 0.3) is 0 Å². The van der Waals surface area contributed by atoms with Crippen molar-refractivity contribution in [2.45, 2.75) is 19.9 Å². The summed E-state index contributed by atoms with van der Waals surface area (Å²) < 4.78 is 0. The molecule has 0 aromatic heterocycles. The van der Waals surface area contributed by atoms with Gasteiger partial charge >= 0.3 is 0 Å². The lowest BCUT2D eigenvalue weighted by molar-refractivity contribution is -0.117. The Morgan fingerprint density at radius 3 is 2.53 bits per heavy atom. The molecule has 1 aromatic rings. The van der Waals surface area contributed by atoms with Crippen LogP contribution < -0.4 is 10.6 Å². The molecule has 2 N–H and O–H groups in total. The van der Waals surface area contributed by atoms with Crippen LogP contribution in [-0.2, 0) is 11.3 Å². The number of amides is 1. The minimum absolute atomic E-state index is 0.225. The molecule has 1 aliphatic rings. The number of rotatable bonds is 2. The number of benzene rings is 1. The zero-order valence-corrected chi connectivity index (χ0v) is 8.94. The zero-order chi connectivity index (χ0) is 10.8. The molecule has 2 rings (SSSR count). The van der Waals surface area contributed by atoms with E-state index in [-0.39, 0.29) is 5.91 Å². The maximum atomic E-state index is 11.6. The van der Waals surface area contributed by atoms with Crippen molar-refractivity contribution >= 4 is 11.6 Å². The average Bonchev–Trinajstić information content (AvgIpc) is 2.58. The molecule has 0 saturated carbocycles. The Bertz CT molecular complexity index is 358. The lowest BCUT2D eigenvalue weighted by Gasteiger charge is -2.16. The van der Waals surface area contributed by atoms with Crippen LogP contribution >= 0.6 is 0 Å². The molecule has 1 unspecified atom stereocenters. The maximum Gasteiger partial charge on any atom is 0.227 e. The molecule has 1 heterocycles. The van der Waals surface area contributed by atoms with Crippen molar-refractivity contribution in [3.8, 4) is 0 Å². The fourth-order valence-corrected chi connectivity index (χ4v) is 1.95. The van der Waals surface area contributed by atoms with Crippen LogP contribution in [0.5, 0.6) is 0 Å². The summed E-state index contributed by atoms with van der Waals surface area (Å²) in [4.78, 5) is 13.5. The molecule has 1 aliphatic heterocycles. The molecule has 1 fully saturated rings. The van der Waals surface area contributed by atoms with Crippen LogP contribution in [0.4, 0.5) is 5.69 Å². The number of nitrogens with two attached hydrogens (primary N) is 1. The molecule has 3 nitrogen and oxygen atoms in total. The van der Waals surface area contributed by atoms with Crippen molar-refractivity contribution in [3.63, 3.8) is 0 Å². The summed E-state index contributed by atoms with van der Waals surface area (Å²) in [5, 5.41) is 0. The molecular formula is C12H16N2O. The predicted molar refractivity (Wildman–Crippen MR) is 60.5 cm³/mol. The third-order valence-corrected chi connectivity index (χ3v) is 2.80. The van der Waals surface area contributed by atoms with Crippen LogP contribution in [0, 0.1) is 5.92 Å². The van der Waals surface area contributed by atoms with Gasteiger partial charge in [0.2, 0.25) is 5.91 Å². The topological polar surface area (TPSA) is 46.3 Å². The summed E-state index contributed by atoms with van der Waals surface area (Å²) in [5.41, 5.74) is 7.61. The Hall–Kier alpha value is -1.35. The standard InChI is InChI=1S/C12H16N2O/c1-9-6-12(15)14(8-9)11-4-2-10(7-13)3-5-11/h2-5,9H,6-8,13H2,1H3. The second kappa shape index (κ2) is 4.03. The Labute approximate surface area is 89.9 Å². The van der Waals surface area contributed by atoms with Crippen molar-refractivity contribution in [1.82, 2.24) is 0 Å². The molecule has 1 aromatic carbocycles. The quantitative estimate of drug-likeness (QED) is 0.794. The van der Waals surface area contributed by atoms with Crippen molar-refractivity contribution in [1.29, 1.82) is 0 Å². The highest BCUT2D eigenvalue weighted by Gasteiger charge is 2.27. The van der Waals surface area contributed by atoms with Gasteiger partial charge in [-0.1, -0.05) is 19.1 Å². The minimum atomic E-state index is 0.225. The highest BCUT2D eigenvalue weighted by Crippen LogP contribution is 2.24. The van der Waals surface area contributed by atoms with Crippen molar-refractivity contribution in [3.05, 3.63) is 29.8 Å². The first-order valence-corrected chi connectivity index (χ1v) is 5.30. The Morgan fingerprint density at radius 1 is 1.40 bits per heavy atom. The lowest BCUT2D eigenvalue weighted by Crippen LogP contribution is -2.24. The summed E-state index contributed by atoms with van der Waals surface area (Å²) in [6, 6.07) is 7.90. The van der Waals surface area contributed by atoms with Crippen LogP contribution in [0.1, 0.15) is 18.9 Å². The second-order valence-corrected chi connectivity index (χ2v) is 4.18. The van der Waals surface area contributed by atoms with E-state index in [2.05, 4.69) is 6.92 Å². The maximum absolute atomic E-state index is 11.6. The van der Waals surface area contributed by atoms with Gasteiger partial charge < -0.3 is 10.6 Å². The summed E-state index contributed by atoms with van der Waals surface area (Å²) >= 11 is 0. The molecule has 3 heteroatoms. The number of carbonyl (C=O) groups excluding carboxylic acids is 1. The first-order chi connectivity index (χ1) is 7.20. The molecule has 0 bridgehead atoms. The summed E-state index contributed by atoms with van der Waals surface area (Å²) in [6.45, 7) is 3.48. The zero-order valence-electron chi connectivity index (χ0n) is 8.94. The number of hydrogen-bond donors (Lipinski definition) is 1. The summed E-state index contributed by atoms with van der Waals surface area (Å²) in [6.07, 6.45) is 0.665. The van der Waals surface area contributed by atoms with Crippen molar-refractivity contribution < 1.29 is 4.79 Å². The number of carbonyl (C=O) groups is 1. The second-order valence-electron chi connectivity index (χ2n) is 4.18. The highest BCUT2D eigenvalue weighted by molar-refractivity contribution is 5.95. The third kappa shape index (κ3) is 2.02. The van der Waals surface area contributed by atoms with E-state index in [1.807, 2.05) is 29.2 Å². The van der Waals surface area contributed by atoms with Crippen LogP contribution in [0.3, 0.4) is 0 Å². The van der Waals surface area contributed by atoms with E-state index in [4.69, 9.17) is 5.73 Å². The molecule has 0 spiro atoms. The van der Waals surface area contributed by atoms with E-state index in [9.17, 15) is 4.79 Å². The predicted octanol–water partition coefficient (Wildman–Crippen LogP) is 1.52. The molecule has 1 amide bonds. The van der Waals surface area contributed by atoms with Gasteiger partial charge in [0.25, 0.3) is 0 Å². The normalized spacial score (nSPS) is 21.1. The number of nitrogens with zero attached hydrogens (tertiary/aromatic N) is 1. The molecule has 0 aliphatic carbocycles. The summed E-state index contributed by atoms with van der Waals surface area (Å²) in [7, 11) is 0. The van der Waals surface area contributed by atoms with Gasteiger partial charge in [-0.05, 0) is 23.6 Å². The molecule has 1 atom stereocenters. The molecule has 1 saturated heterocycles. The monoisotopic (exact) mass is 204 g/mol. The fourth-order valence-electron chi connectivity index (χ4n) is 1.95. The Kier molecular flexibility index (Phi) is 2.73. The Balaban J connectivity index is 2.19. The van der Waals surface area contributed by atoms with Crippen LogP contribution in [0.15, 0.2) is 24.3 Å². The van der Waals surface area contributed by atoms with E-state index < -0.39 is 0 Å². The number of hydrogen-bond acceptors (Lipinski definition) is 2. The first-order valence-electron chi connectivity index (χ1n) is 5.30. The van der Waals surface area contributed by atoms with Gasteiger partial charge in [-0.25, -0.2) is 0 Å². The molecule has 0 radical (unpaired) electrons. The van der Waals surface area contributed by atoms with E-state index >= 15 is 0 Å². The van der Waals surface area contributed by atoms with E-state index in [0.717, 1.165) is 17.8 Å². The molecule has 15 heavy (non-hydrogen) atoms. The lowest BCUT2D eigenvalue weighted by atomic mass is 10.2.